The van der Waals surface area contributed by atoms with E-state index < -0.39 is 0 Å². The van der Waals surface area contributed by atoms with E-state index in [1.54, 1.807) is 0 Å². The molecule has 0 saturated carbocycles. The fourth-order valence-electron chi connectivity index (χ4n) is 3.10. The van der Waals surface area contributed by atoms with Crippen LogP contribution in [-0.2, 0) is 0 Å². The van der Waals surface area contributed by atoms with Crippen molar-refractivity contribution in [2.75, 3.05) is 13.1 Å². The minimum absolute atomic E-state index is 0.157. The van der Waals surface area contributed by atoms with Gasteiger partial charge in [0, 0.05) is 29.6 Å². The van der Waals surface area contributed by atoms with Crippen LogP contribution in [0.15, 0.2) is 22.7 Å². The van der Waals surface area contributed by atoms with E-state index in [1.807, 2.05) is 30.0 Å². The first-order chi connectivity index (χ1) is 9.13. The Balaban J connectivity index is 1.81. The van der Waals surface area contributed by atoms with Crippen LogP contribution >= 0.6 is 15.9 Å². The SMILES string of the molecule is Cc1ccc(Br)c(C(=O)N2CCC3CCC(C2)N3)c1. The molecule has 2 atom stereocenters. The van der Waals surface area contributed by atoms with Crippen molar-refractivity contribution in [1.29, 1.82) is 0 Å². The lowest BCUT2D eigenvalue weighted by atomic mass is 10.1. The van der Waals surface area contributed by atoms with Crippen molar-refractivity contribution in [3.8, 4) is 0 Å². The Morgan fingerprint density at radius 1 is 1.32 bits per heavy atom. The highest BCUT2D eigenvalue weighted by Gasteiger charge is 2.31. The number of likely N-dealkylation sites (tertiary alicyclic amines) is 1. The molecule has 2 heterocycles. The second-order valence-corrected chi connectivity index (χ2v) is 6.52. The maximum Gasteiger partial charge on any atom is 0.255 e. The molecule has 2 aliphatic rings. The fraction of sp³-hybridized carbons (Fsp3) is 0.533. The first-order valence-corrected chi connectivity index (χ1v) is 7.74. The van der Waals surface area contributed by atoms with Gasteiger partial charge in [-0.25, -0.2) is 0 Å². The van der Waals surface area contributed by atoms with Crippen molar-refractivity contribution in [1.82, 2.24) is 10.2 Å². The van der Waals surface area contributed by atoms with Gasteiger partial charge in [-0.2, -0.15) is 0 Å². The highest BCUT2D eigenvalue weighted by atomic mass is 79.9. The molecule has 2 unspecified atom stereocenters. The maximum atomic E-state index is 12.7. The Bertz CT molecular complexity index is 503. The van der Waals surface area contributed by atoms with Crippen LogP contribution in [0.2, 0.25) is 0 Å². The van der Waals surface area contributed by atoms with E-state index in [0.717, 1.165) is 35.1 Å². The third-order valence-corrected chi connectivity index (χ3v) is 4.85. The molecular weight excluding hydrogens is 304 g/mol. The number of nitrogens with one attached hydrogen (secondary N) is 1. The summed E-state index contributed by atoms with van der Waals surface area (Å²) < 4.78 is 0.894. The topological polar surface area (TPSA) is 32.3 Å². The Kier molecular flexibility index (Phi) is 3.63. The Morgan fingerprint density at radius 3 is 2.95 bits per heavy atom. The van der Waals surface area contributed by atoms with Gasteiger partial charge in [-0.15, -0.1) is 0 Å². The normalized spacial score (nSPS) is 26.3. The lowest BCUT2D eigenvalue weighted by molar-refractivity contribution is 0.0747. The van der Waals surface area contributed by atoms with Crippen molar-refractivity contribution in [3.63, 3.8) is 0 Å². The average molecular weight is 323 g/mol. The van der Waals surface area contributed by atoms with Crippen LogP contribution in [0.3, 0.4) is 0 Å². The number of carbonyl (C=O) groups is 1. The first-order valence-electron chi connectivity index (χ1n) is 6.95. The molecule has 2 aliphatic heterocycles. The predicted octanol–water partition coefficient (Wildman–Crippen LogP) is 2.72. The van der Waals surface area contributed by atoms with Gasteiger partial charge in [0.2, 0.25) is 0 Å². The molecule has 1 aromatic rings. The number of amides is 1. The standard InChI is InChI=1S/C15H19BrN2O/c1-10-2-5-14(16)13(8-10)15(19)18-7-6-11-3-4-12(9-18)17-11/h2,5,8,11-12,17H,3-4,6-7,9H2,1H3. The van der Waals surface area contributed by atoms with Crippen LogP contribution in [-0.4, -0.2) is 36.0 Å². The van der Waals surface area contributed by atoms with E-state index in [2.05, 4.69) is 21.2 Å². The van der Waals surface area contributed by atoms with Crippen LogP contribution in [0.25, 0.3) is 0 Å². The molecule has 1 aromatic carbocycles. The van der Waals surface area contributed by atoms with Crippen molar-refractivity contribution in [2.24, 2.45) is 0 Å². The number of hydrogen-bond donors (Lipinski definition) is 1. The molecule has 0 aromatic heterocycles. The number of hydrogen-bond acceptors (Lipinski definition) is 2. The first kappa shape index (κ1) is 13.1. The summed E-state index contributed by atoms with van der Waals surface area (Å²) in [6.07, 6.45) is 3.54. The molecular formula is C15H19BrN2O. The molecule has 102 valence electrons. The average Bonchev–Trinajstić information content (AvgIpc) is 2.71. The van der Waals surface area contributed by atoms with Crippen molar-refractivity contribution in [3.05, 3.63) is 33.8 Å². The zero-order valence-corrected chi connectivity index (χ0v) is 12.7. The van der Waals surface area contributed by atoms with Crippen LogP contribution in [0.1, 0.15) is 35.2 Å². The van der Waals surface area contributed by atoms with Gasteiger partial charge in [0.05, 0.1) is 5.56 Å². The second kappa shape index (κ2) is 5.25. The Labute approximate surface area is 122 Å². The van der Waals surface area contributed by atoms with Crippen molar-refractivity contribution in [2.45, 2.75) is 38.3 Å². The summed E-state index contributed by atoms with van der Waals surface area (Å²) in [6.45, 7) is 3.73. The van der Waals surface area contributed by atoms with Gasteiger partial charge in [0.25, 0.3) is 5.91 Å². The predicted molar refractivity (Wildman–Crippen MR) is 79.3 cm³/mol. The minimum atomic E-state index is 0.157. The van der Waals surface area contributed by atoms with E-state index in [1.165, 1.54) is 12.8 Å². The van der Waals surface area contributed by atoms with E-state index in [0.29, 0.717) is 12.1 Å². The number of halogens is 1. The van der Waals surface area contributed by atoms with Gasteiger partial charge in [-0.05, 0) is 54.2 Å². The van der Waals surface area contributed by atoms with E-state index in [9.17, 15) is 4.79 Å². The number of fused-ring (bicyclic) bond motifs is 2. The molecule has 2 saturated heterocycles. The van der Waals surface area contributed by atoms with Gasteiger partial charge in [-0.3, -0.25) is 4.79 Å². The zero-order chi connectivity index (χ0) is 13.4. The van der Waals surface area contributed by atoms with Crippen LogP contribution < -0.4 is 5.32 Å². The lowest BCUT2D eigenvalue weighted by Gasteiger charge is -2.25. The molecule has 3 rings (SSSR count). The summed E-state index contributed by atoms with van der Waals surface area (Å²) in [4.78, 5) is 14.7. The monoisotopic (exact) mass is 322 g/mol. The molecule has 2 bridgehead atoms. The molecule has 3 nitrogen and oxygen atoms in total. The Morgan fingerprint density at radius 2 is 2.11 bits per heavy atom. The van der Waals surface area contributed by atoms with E-state index in [-0.39, 0.29) is 5.91 Å². The number of carbonyl (C=O) groups excluding carboxylic acids is 1. The molecule has 4 heteroatoms. The zero-order valence-electron chi connectivity index (χ0n) is 11.2. The minimum Gasteiger partial charge on any atom is -0.337 e. The number of benzene rings is 1. The van der Waals surface area contributed by atoms with E-state index in [4.69, 9.17) is 0 Å². The summed E-state index contributed by atoms with van der Waals surface area (Å²) in [7, 11) is 0. The van der Waals surface area contributed by atoms with Crippen LogP contribution in [0.4, 0.5) is 0 Å². The fourth-order valence-corrected chi connectivity index (χ4v) is 3.52. The van der Waals surface area contributed by atoms with Gasteiger partial charge in [-0.1, -0.05) is 11.6 Å². The van der Waals surface area contributed by atoms with Crippen molar-refractivity contribution < 1.29 is 4.79 Å². The number of rotatable bonds is 1. The van der Waals surface area contributed by atoms with Crippen molar-refractivity contribution >= 4 is 21.8 Å². The third-order valence-electron chi connectivity index (χ3n) is 4.16. The van der Waals surface area contributed by atoms with Gasteiger partial charge in [0.1, 0.15) is 0 Å². The largest absolute Gasteiger partial charge is 0.337 e. The highest BCUT2D eigenvalue weighted by Crippen LogP contribution is 2.24. The highest BCUT2D eigenvalue weighted by molar-refractivity contribution is 9.10. The molecule has 1 N–H and O–H groups in total. The van der Waals surface area contributed by atoms with Gasteiger partial charge < -0.3 is 10.2 Å². The molecule has 1 amide bonds. The molecule has 0 radical (unpaired) electrons. The molecule has 0 spiro atoms. The van der Waals surface area contributed by atoms with Gasteiger partial charge in [0.15, 0.2) is 0 Å². The Hall–Kier alpha value is -0.870. The third kappa shape index (κ3) is 2.70. The number of aryl methyl sites for hydroxylation is 1. The van der Waals surface area contributed by atoms with E-state index >= 15 is 0 Å². The number of nitrogens with zero attached hydrogens (tertiary/aromatic N) is 1. The summed E-state index contributed by atoms with van der Waals surface area (Å²) >= 11 is 3.50. The quantitative estimate of drug-likeness (QED) is 0.862. The maximum absolute atomic E-state index is 12.7. The smallest absolute Gasteiger partial charge is 0.255 e. The van der Waals surface area contributed by atoms with Crippen LogP contribution in [0, 0.1) is 6.92 Å². The summed E-state index contributed by atoms with van der Waals surface area (Å²) in [5.74, 6) is 0.157. The summed E-state index contributed by atoms with van der Waals surface area (Å²) in [5.41, 5.74) is 1.92. The van der Waals surface area contributed by atoms with Gasteiger partial charge >= 0.3 is 0 Å². The molecule has 2 fully saturated rings. The summed E-state index contributed by atoms with van der Waals surface area (Å²) in [5, 5.41) is 3.61. The molecule has 0 aliphatic carbocycles. The van der Waals surface area contributed by atoms with Crippen LogP contribution in [0.5, 0.6) is 0 Å². The summed E-state index contributed by atoms with van der Waals surface area (Å²) in [6, 6.07) is 7.06. The lowest BCUT2D eigenvalue weighted by Crippen LogP contribution is -2.39. The second-order valence-electron chi connectivity index (χ2n) is 5.66. The molecule has 19 heavy (non-hydrogen) atoms.